The van der Waals surface area contributed by atoms with Crippen LogP contribution in [0.15, 0.2) is 65.7 Å². The van der Waals surface area contributed by atoms with E-state index < -0.39 is 0 Å². The van der Waals surface area contributed by atoms with E-state index in [1.165, 1.54) is 11.1 Å². The van der Waals surface area contributed by atoms with Crippen molar-refractivity contribution in [3.63, 3.8) is 0 Å². The molecule has 0 radical (unpaired) electrons. The van der Waals surface area contributed by atoms with Gasteiger partial charge in [0.15, 0.2) is 5.96 Å². The van der Waals surface area contributed by atoms with Crippen molar-refractivity contribution in [3.8, 4) is 0 Å². The minimum atomic E-state index is -0.0174. The van der Waals surface area contributed by atoms with Gasteiger partial charge in [0, 0.05) is 37.9 Å². The average molecular weight is 395 g/mol. The summed E-state index contributed by atoms with van der Waals surface area (Å²) in [7, 11) is 0. The van der Waals surface area contributed by atoms with Crippen molar-refractivity contribution in [2.75, 3.05) is 26.3 Å². The van der Waals surface area contributed by atoms with Gasteiger partial charge in [-0.05, 0) is 37.8 Å². The molecule has 156 valence electrons. The summed E-state index contributed by atoms with van der Waals surface area (Å²) >= 11 is 0. The Kier molecular flexibility index (Phi) is 8.08. The Morgan fingerprint density at radius 1 is 1.00 bits per heavy atom. The SMILES string of the molecule is CCNC(=NCc1ccccc1)NCC1(NC(C)c2ccccc2)CCOCC1. The lowest BCUT2D eigenvalue weighted by Crippen LogP contribution is -2.58. The highest BCUT2D eigenvalue weighted by atomic mass is 16.5. The molecule has 1 saturated heterocycles. The van der Waals surface area contributed by atoms with Gasteiger partial charge in [-0.25, -0.2) is 4.99 Å². The Balaban J connectivity index is 1.66. The Bertz CT molecular complexity index is 742. The second-order valence-electron chi connectivity index (χ2n) is 7.70. The quantitative estimate of drug-likeness (QED) is 0.473. The topological polar surface area (TPSA) is 57.7 Å². The van der Waals surface area contributed by atoms with Crippen LogP contribution < -0.4 is 16.0 Å². The minimum Gasteiger partial charge on any atom is -0.381 e. The van der Waals surface area contributed by atoms with Crippen molar-refractivity contribution in [3.05, 3.63) is 71.8 Å². The third-order valence-corrected chi connectivity index (χ3v) is 5.47. The van der Waals surface area contributed by atoms with E-state index in [2.05, 4.69) is 84.4 Å². The summed E-state index contributed by atoms with van der Waals surface area (Å²) in [5.74, 6) is 0.858. The lowest BCUT2D eigenvalue weighted by molar-refractivity contribution is 0.0355. The highest BCUT2D eigenvalue weighted by Gasteiger charge is 2.34. The van der Waals surface area contributed by atoms with Crippen molar-refractivity contribution < 1.29 is 4.74 Å². The molecule has 1 aliphatic rings. The van der Waals surface area contributed by atoms with Crippen LogP contribution in [-0.4, -0.2) is 37.8 Å². The molecular weight excluding hydrogens is 360 g/mol. The molecule has 2 aromatic rings. The second kappa shape index (κ2) is 11.0. The van der Waals surface area contributed by atoms with Gasteiger partial charge in [0.25, 0.3) is 0 Å². The van der Waals surface area contributed by atoms with Gasteiger partial charge in [0.1, 0.15) is 0 Å². The monoisotopic (exact) mass is 394 g/mol. The molecule has 1 aliphatic heterocycles. The largest absolute Gasteiger partial charge is 0.381 e. The van der Waals surface area contributed by atoms with E-state index in [1.54, 1.807) is 0 Å². The molecule has 0 amide bonds. The van der Waals surface area contributed by atoms with Gasteiger partial charge in [0.05, 0.1) is 6.54 Å². The summed E-state index contributed by atoms with van der Waals surface area (Å²) in [6.45, 7) is 8.22. The fourth-order valence-electron chi connectivity index (χ4n) is 3.77. The summed E-state index contributed by atoms with van der Waals surface area (Å²) in [6.07, 6.45) is 1.96. The van der Waals surface area contributed by atoms with Crippen molar-refractivity contribution in [2.45, 2.75) is 44.8 Å². The number of hydrogen-bond donors (Lipinski definition) is 3. The Hall–Kier alpha value is -2.37. The minimum absolute atomic E-state index is 0.0174. The third kappa shape index (κ3) is 6.58. The van der Waals surface area contributed by atoms with Gasteiger partial charge in [-0.2, -0.15) is 0 Å². The summed E-state index contributed by atoms with van der Waals surface area (Å²) < 4.78 is 5.66. The number of benzene rings is 2. The van der Waals surface area contributed by atoms with Crippen molar-refractivity contribution in [2.24, 2.45) is 4.99 Å². The molecule has 1 atom stereocenters. The fourth-order valence-corrected chi connectivity index (χ4v) is 3.77. The molecule has 3 N–H and O–H groups in total. The van der Waals surface area contributed by atoms with Gasteiger partial charge in [0.2, 0.25) is 0 Å². The first kappa shape index (κ1) is 21.3. The van der Waals surface area contributed by atoms with Crippen LogP contribution in [0.25, 0.3) is 0 Å². The average Bonchev–Trinajstić information content (AvgIpc) is 2.78. The molecule has 5 heteroatoms. The molecule has 0 spiro atoms. The van der Waals surface area contributed by atoms with Crippen LogP contribution >= 0.6 is 0 Å². The first-order valence-corrected chi connectivity index (χ1v) is 10.7. The number of nitrogens with one attached hydrogen (secondary N) is 3. The summed E-state index contributed by atoms with van der Waals surface area (Å²) in [4.78, 5) is 4.77. The molecule has 1 fully saturated rings. The molecule has 1 unspecified atom stereocenters. The number of guanidine groups is 1. The van der Waals surface area contributed by atoms with E-state index in [0.717, 1.165) is 45.1 Å². The molecule has 0 aliphatic carbocycles. The molecular formula is C24H34N4O. The van der Waals surface area contributed by atoms with E-state index in [9.17, 15) is 0 Å². The lowest BCUT2D eigenvalue weighted by Gasteiger charge is -2.41. The fraction of sp³-hybridized carbons (Fsp3) is 0.458. The van der Waals surface area contributed by atoms with Crippen LogP contribution in [0.4, 0.5) is 0 Å². The predicted molar refractivity (Wildman–Crippen MR) is 120 cm³/mol. The van der Waals surface area contributed by atoms with Crippen LogP contribution in [0.5, 0.6) is 0 Å². The molecule has 5 nitrogen and oxygen atoms in total. The molecule has 0 saturated carbocycles. The smallest absolute Gasteiger partial charge is 0.191 e. The zero-order valence-corrected chi connectivity index (χ0v) is 17.7. The van der Waals surface area contributed by atoms with E-state index in [-0.39, 0.29) is 11.6 Å². The van der Waals surface area contributed by atoms with E-state index in [1.807, 2.05) is 6.07 Å². The third-order valence-electron chi connectivity index (χ3n) is 5.47. The molecule has 0 aromatic heterocycles. The Morgan fingerprint density at radius 3 is 2.31 bits per heavy atom. The van der Waals surface area contributed by atoms with E-state index in [4.69, 9.17) is 9.73 Å². The van der Waals surface area contributed by atoms with Gasteiger partial charge in [-0.1, -0.05) is 60.7 Å². The van der Waals surface area contributed by atoms with Crippen LogP contribution in [-0.2, 0) is 11.3 Å². The Labute approximate surface area is 175 Å². The predicted octanol–water partition coefficient (Wildman–Crippen LogP) is 3.64. The molecule has 1 heterocycles. The van der Waals surface area contributed by atoms with Gasteiger partial charge in [-0.15, -0.1) is 0 Å². The van der Waals surface area contributed by atoms with Gasteiger partial charge < -0.3 is 20.7 Å². The first-order chi connectivity index (χ1) is 14.2. The van der Waals surface area contributed by atoms with E-state index >= 15 is 0 Å². The number of aliphatic imine (C=N–C) groups is 1. The van der Waals surface area contributed by atoms with Crippen LogP contribution in [0.1, 0.15) is 43.9 Å². The van der Waals surface area contributed by atoms with Crippen LogP contribution in [0, 0.1) is 0 Å². The molecule has 2 aromatic carbocycles. The molecule has 29 heavy (non-hydrogen) atoms. The maximum atomic E-state index is 5.66. The molecule has 0 bridgehead atoms. The second-order valence-corrected chi connectivity index (χ2v) is 7.70. The number of rotatable bonds is 8. The maximum absolute atomic E-state index is 5.66. The molecule has 3 rings (SSSR count). The van der Waals surface area contributed by atoms with Gasteiger partial charge in [-0.3, -0.25) is 0 Å². The highest BCUT2D eigenvalue weighted by molar-refractivity contribution is 5.79. The lowest BCUT2D eigenvalue weighted by atomic mass is 9.88. The number of nitrogens with zero attached hydrogens (tertiary/aromatic N) is 1. The summed E-state index contributed by atoms with van der Waals surface area (Å²) in [5, 5.41) is 10.8. The zero-order chi connectivity index (χ0) is 20.4. The first-order valence-electron chi connectivity index (χ1n) is 10.7. The summed E-state index contributed by atoms with van der Waals surface area (Å²) in [5.41, 5.74) is 2.50. The standard InChI is InChI=1S/C24H34N4O/c1-3-25-23(26-18-21-10-6-4-7-11-21)27-19-24(14-16-29-17-15-24)28-20(2)22-12-8-5-9-13-22/h4-13,20,28H,3,14-19H2,1-2H3,(H2,25,26,27). The normalized spacial score (nSPS) is 17.5. The number of ether oxygens (including phenoxy) is 1. The van der Waals surface area contributed by atoms with Crippen molar-refractivity contribution in [1.29, 1.82) is 0 Å². The Morgan fingerprint density at radius 2 is 1.66 bits per heavy atom. The van der Waals surface area contributed by atoms with Crippen molar-refractivity contribution >= 4 is 5.96 Å². The van der Waals surface area contributed by atoms with Gasteiger partial charge >= 0.3 is 0 Å². The highest BCUT2D eigenvalue weighted by Crippen LogP contribution is 2.25. The maximum Gasteiger partial charge on any atom is 0.191 e. The zero-order valence-electron chi connectivity index (χ0n) is 17.7. The van der Waals surface area contributed by atoms with Crippen molar-refractivity contribution in [1.82, 2.24) is 16.0 Å². The van der Waals surface area contributed by atoms with Crippen LogP contribution in [0.3, 0.4) is 0 Å². The summed E-state index contributed by atoms with van der Waals surface area (Å²) in [6, 6.07) is 21.3. The number of hydrogen-bond acceptors (Lipinski definition) is 3. The van der Waals surface area contributed by atoms with E-state index in [0.29, 0.717) is 6.54 Å². The van der Waals surface area contributed by atoms with Crippen LogP contribution in [0.2, 0.25) is 0 Å².